The minimum absolute atomic E-state index is 0.137. The summed E-state index contributed by atoms with van der Waals surface area (Å²) >= 11 is 0. The smallest absolute Gasteiger partial charge is 0.469 e. The highest BCUT2D eigenvalue weighted by atomic mass is 31.2. The summed E-state index contributed by atoms with van der Waals surface area (Å²) in [5, 5.41) is 0. The molecule has 2 atom stereocenters. The second-order valence-electron chi connectivity index (χ2n) is 7.94. The average Bonchev–Trinajstić information content (AvgIpc) is 3.13. The number of methoxy groups -OCH3 is 1. The SMILES string of the molecule is COc1cccc(CCCOc2ccc([C@@H]3CC[C@](N)(COP(=O)(O)O)C3)cc2)c1. The van der Waals surface area contributed by atoms with Gasteiger partial charge in [-0.1, -0.05) is 24.3 Å². The van der Waals surface area contributed by atoms with Crippen LogP contribution in [0.1, 0.15) is 42.7 Å². The van der Waals surface area contributed by atoms with Crippen molar-refractivity contribution in [2.75, 3.05) is 20.3 Å². The van der Waals surface area contributed by atoms with E-state index in [1.165, 1.54) is 5.56 Å². The molecule has 4 N–H and O–H groups in total. The van der Waals surface area contributed by atoms with E-state index >= 15 is 0 Å². The van der Waals surface area contributed by atoms with Gasteiger partial charge in [-0.15, -0.1) is 0 Å². The Labute approximate surface area is 177 Å². The summed E-state index contributed by atoms with van der Waals surface area (Å²) in [5.74, 6) is 1.94. The Morgan fingerprint density at radius 3 is 2.63 bits per heavy atom. The number of hydrogen-bond donors (Lipinski definition) is 3. The summed E-state index contributed by atoms with van der Waals surface area (Å²) in [6.45, 7) is 0.494. The van der Waals surface area contributed by atoms with Crippen molar-refractivity contribution in [3.05, 3.63) is 59.7 Å². The van der Waals surface area contributed by atoms with Crippen molar-refractivity contribution in [1.29, 1.82) is 0 Å². The number of aryl methyl sites for hydroxylation is 1. The first kappa shape index (κ1) is 22.8. The summed E-state index contributed by atoms with van der Waals surface area (Å²) < 4.78 is 26.7. The molecule has 0 aliphatic heterocycles. The van der Waals surface area contributed by atoms with Gasteiger partial charge in [0.25, 0.3) is 0 Å². The third kappa shape index (κ3) is 6.83. The van der Waals surface area contributed by atoms with E-state index in [-0.39, 0.29) is 12.5 Å². The highest BCUT2D eigenvalue weighted by molar-refractivity contribution is 7.46. The summed E-state index contributed by atoms with van der Waals surface area (Å²) in [4.78, 5) is 17.8. The van der Waals surface area contributed by atoms with Crippen LogP contribution in [0.5, 0.6) is 11.5 Å². The van der Waals surface area contributed by atoms with Crippen molar-refractivity contribution >= 4 is 7.82 Å². The van der Waals surface area contributed by atoms with E-state index in [2.05, 4.69) is 10.6 Å². The summed E-state index contributed by atoms with van der Waals surface area (Å²) in [6.07, 6.45) is 4.00. The Hall–Kier alpha value is -1.89. The molecule has 7 nitrogen and oxygen atoms in total. The molecule has 0 bridgehead atoms. The van der Waals surface area contributed by atoms with Crippen molar-refractivity contribution in [3.63, 3.8) is 0 Å². The van der Waals surface area contributed by atoms with Crippen molar-refractivity contribution in [3.8, 4) is 11.5 Å². The average molecular weight is 435 g/mol. The van der Waals surface area contributed by atoms with Crippen LogP contribution in [0.15, 0.2) is 48.5 Å². The zero-order valence-corrected chi connectivity index (χ0v) is 18.1. The number of rotatable bonds is 10. The fraction of sp³-hybridized carbons (Fsp3) is 0.455. The maximum atomic E-state index is 10.9. The van der Waals surface area contributed by atoms with Crippen LogP contribution in [0.25, 0.3) is 0 Å². The van der Waals surface area contributed by atoms with Gasteiger partial charge in [0.1, 0.15) is 11.5 Å². The molecule has 1 saturated carbocycles. The van der Waals surface area contributed by atoms with Crippen LogP contribution in [0, 0.1) is 0 Å². The van der Waals surface area contributed by atoms with E-state index in [0.717, 1.165) is 36.3 Å². The summed E-state index contributed by atoms with van der Waals surface area (Å²) in [7, 11) is -2.83. The van der Waals surface area contributed by atoms with Gasteiger partial charge in [-0.25, -0.2) is 4.57 Å². The number of hydrogen-bond acceptors (Lipinski definition) is 5. The Kier molecular flexibility index (Phi) is 7.55. The van der Waals surface area contributed by atoms with Crippen LogP contribution < -0.4 is 15.2 Å². The van der Waals surface area contributed by atoms with Crippen molar-refractivity contribution in [1.82, 2.24) is 0 Å². The zero-order valence-electron chi connectivity index (χ0n) is 17.2. The van der Waals surface area contributed by atoms with Gasteiger partial charge in [0.15, 0.2) is 0 Å². The molecule has 0 spiro atoms. The van der Waals surface area contributed by atoms with Crippen LogP contribution in [0.4, 0.5) is 0 Å². The predicted molar refractivity (Wildman–Crippen MR) is 115 cm³/mol. The molecular weight excluding hydrogens is 405 g/mol. The lowest BCUT2D eigenvalue weighted by Gasteiger charge is -2.24. The highest BCUT2D eigenvalue weighted by Gasteiger charge is 2.38. The van der Waals surface area contributed by atoms with Crippen LogP contribution in [0.2, 0.25) is 0 Å². The maximum absolute atomic E-state index is 10.9. The van der Waals surface area contributed by atoms with Gasteiger partial charge in [0, 0.05) is 5.54 Å². The predicted octanol–water partition coefficient (Wildman–Crippen LogP) is 3.78. The molecule has 8 heteroatoms. The standard InChI is InChI=1S/C22H30NO6P/c1-27-21-6-2-4-17(14-21)5-3-13-28-20-9-7-18(8-10-20)19-11-12-22(23,15-19)16-29-30(24,25)26/h2,4,6-10,14,19H,3,5,11-13,15-16,23H2,1H3,(H2,24,25,26)/t19-,22-/m1/s1. The highest BCUT2D eigenvalue weighted by Crippen LogP contribution is 2.43. The first-order chi connectivity index (χ1) is 14.3. The van der Waals surface area contributed by atoms with Crippen LogP contribution >= 0.6 is 7.82 Å². The molecule has 30 heavy (non-hydrogen) atoms. The van der Waals surface area contributed by atoms with Crippen molar-refractivity contribution in [2.45, 2.75) is 43.6 Å². The fourth-order valence-corrected chi connectivity index (χ4v) is 4.34. The Morgan fingerprint density at radius 1 is 1.17 bits per heavy atom. The van der Waals surface area contributed by atoms with Gasteiger partial charge in [0.05, 0.1) is 20.3 Å². The lowest BCUT2D eigenvalue weighted by Crippen LogP contribution is -2.41. The summed E-state index contributed by atoms with van der Waals surface area (Å²) in [6, 6.07) is 16.1. The van der Waals surface area contributed by atoms with Crippen LogP contribution in [-0.2, 0) is 15.5 Å². The molecule has 0 saturated heterocycles. The number of ether oxygens (including phenoxy) is 2. The quantitative estimate of drug-likeness (QED) is 0.385. The minimum Gasteiger partial charge on any atom is -0.497 e. The lowest BCUT2D eigenvalue weighted by molar-refractivity contribution is 0.153. The molecule has 1 aliphatic rings. The normalized spacial score (nSPS) is 21.5. The van der Waals surface area contributed by atoms with E-state index in [9.17, 15) is 4.57 Å². The van der Waals surface area contributed by atoms with Gasteiger partial charge >= 0.3 is 7.82 Å². The van der Waals surface area contributed by atoms with Gasteiger partial charge in [-0.3, -0.25) is 4.52 Å². The van der Waals surface area contributed by atoms with Crippen molar-refractivity contribution in [2.24, 2.45) is 5.73 Å². The third-order valence-corrected chi connectivity index (χ3v) is 5.99. The van der Waals surface area contributed by atoms with Gasteiger partial charge in [-0.2, -0.15) is 0 Å². The van der Waals surface area contributed by atoms with Gasteiger partial charge in [-0.05, 0) is 73.4 Å². The minimum atomic E-state index is -4.50. The topological polar surface area (TPSA) is 111 Å². The van der Waals surface area contributed by atoms with Crippen LogP contribution in [-0.4, -0.2) is 35.6 Å². The van der Waals surface area contributed by atoms with E-state index < -0.39 is 13.4 Å². The van der Waals surface area contributed by atoms with Gasteiger partial charge in [0.2, 0.25) is 0 Å². The maximum Gasteiger partial charge on any atom is 0.469 e. The molecule has 0 unspecified atom stereocenters. The monoisotopic (exact) mass is 435 g/mol. The van der Waals surface area contributed by atoms with E-state index in [1.807, 2.05) is 42.5 Å². The number of phosphoric acid groups is 1. The molecular formula is C22H30NO6P. The first-order valence-corrected chi connectivity index (χ1v) is 11.6. The third-order valence-electron chi connectivity index (χ3n) is 5.53. The molecule has 2 aromatic rings. The van der Waals surface area contributed by atoms with Gasteiger partial charge < -0.3 is 25.0 Å². The second-order valence-corrected chi connectivity index (χ2v) is 9.18. The molecule has 1 aliphatic carbocycles. The molecule has 3 rings (SSSR count). The molecule has 1 fully saturated rings. The number of benzene rings is 2. The molecule has 0 amide bonds. The second kappa shape index (κ2) is 9.94. The zero-order chi connectivity index (χ0) is 21.6. The molecule has 0 aromatic heterocycles. The number of nitrogens with two attached hydrogens (primary N) is 1. The number of phosphoric ester groups is 1. The molecule has 0 radical (unpaired) electrons. The molecule has 2 aromatic carbocycles. The first-order valence-electron chi connectivity index (χ1n) is 10.1. The largest absolute Gasteiger partial charge is 0.497 e. The van der Waals surface area contributed by atoms with E-state index in [1.54, 1.807) is 7.11 Å². The fourth-order valence-electron chi connectivity index (χ4n) is 3.92. The Balaban J connectivity index is 1.44. The lowest BCUT2D eigenvalue weighted by atomic mass is 9.94. The van der Waals surface area contributed by atoms with Crippen LogP contribution in [0.3, 0.4) is 0 Å². The Morgan fingerprint density at radius 2 is 1.93 bits per heavy atom. The van der Waals surface area contributed by atoms with E-state index in [0.29, 0.717) is 19.4 Å². The summed E-state index contributed by atoms with van der Waals surface area (Å²) in [5.41, 5.74) is 7.94. The molecule has 164 valence electrons. The van der Waals surface area contributed by atoms with E-state index in [4.69, 9.17) is 25.0 Å². The molecule has 0 heterocycles. The van der Waals surface area contributed by atoms with Crippen molar-refractivity contribution < 1.29 is 28.3 Å². The Bertz CT molecular complexity index is 868.